The quantitative estimate of drug-likeness (QED) is 0.779. The summed E-state index contributed by atoms with van der Waals surface area (Å²) in [5.74, 6) is 1.96. The molecule has 140 valence electrons. The molecule has 5 nitrogen and oxygen atoms in total. The number of hydrogen-bond donors (Lipinski definition) is 1. The van der Waals surface area contributed by atoms with Crippen molar-refractivity contribution in [1.29, 1.82) is 0 Å². The van der Waals surface area contributed by atoms with Gasteiger partial charge in [-0.05, 0) is 42.4 Å². The zero-order valence-corrected chi connectivity index (χ0v) is 16.2. The Labute approximate surface area is 160 Å². The fourth-order valence-electron chi connectivity index (χ4n) is 3.64. The molecule has 0 spiro atoms. The summed E-state index contributed by atoms with van der Waals surface area (Å²) in [6.07, 6.45) is 2.56. The molecular weight excluding hydrogens is 363 g/mol. The van der Waals surface area contributed by atoms with Crippen molar-refractivity contribution in [3.8, 4) is 5.75 Å². The zero-order chi connectivity index (χ0) is 17.1. The first-order valence-corrected chi connectivity index (χ1v) is 8.81. The maximum atomic E-state index is 11.9. The fraction of sp³-hybridized carbons (Fsp3) is 0.611. The highest BCUT2D eigenvalue weighted by molar-refractivity contribution is 6.32. The second kappa shape index (κ2) is 9.08. The number of amides is 1. The molecule has 1 saturated heterocycles. The Morgan fingerprint density at radius 3 is 2.68 bits per heavy atom. The highest BCUT2D eigenvalue weighted by Crippen LogP contribution is 2.41. The van der Waals surface area contributed by atoms with Gasteiger partial charge in [-0.3, -0.25) is 9.69 Å². The Kier molecular flexibility index (Phi) is 7.37. The van der Waals surface area contributed by atoms with Gasteiger partial charge in [-0.2, -0.15) is 0 Å². The average Bonchev–Trinajstić information content (AvgIpc) is 3.31. The van der Waals surface area contributed by atoms with Crippen molar-refractivity contribution < 1.29 is 14.3 Å². The van der Waals surface area contributed by atoms with Gasteiger partial charge in [-0.25, -0.2) is 0 Å². The molecule has 1 saturated carbocycles. The van der Waals surface area contributed by atoms with Crippen molar-refractivity contribution in [1.82, 2.24) is 10.2 Å². The van der Waals surface area contributed by atoms with Crippen LogP contribution in [-0.4, -0.2) is 50.8 Å². The van der Waals surface area contributed by atoms with Crippen LogP contribution in [0.3, 0.4) is 0 Å². The summed E-state index contributed by atoms with van der Waals surface area (Å²) in [6.45, 7) is 2.86. The summed E-state index contributed by atoms with van der Waals surface area (Å²) in [5.41, 5.74) is 1.17. The molecular formula is C18H26Cl2N2O3. The number of likely N-dealkylation sites (tertiary alicyclic amines) is 1. The molecule has 2 fully saturated rings. The Hall–Kier alpha value is -1.01. The lowest BCUT2D eigenvalue weighted by molar-refractivity contribution is -0.125. The number of nitrogens with one attached hydrogen (secondary N) is 1. The first-order valence-electron chi connectivity index (χ1n) is 8.43. The van der Waals surface area contributed by atoms with E-state index in [1.807, 2.05) is 18.2 Å². The van der Waals surface area contributed by atoms with E-state index >= 15 is 0 Å². The van der Waals surface area contributed by atoms with E-state index in [9.17, 15) is 4.79 Å². The SMILES string of the molecule is COCC(=O)N[C@H]1CN(Cc2ccc(OC)c(Cl)c2)C[C@@H]1C1CC1.Cl. The molecule has 1 aliphatic carbocycles. The minimum absolute atomic E-state index is 0. The number of rotatable bonds is 7. The van der Waals surface area contributed by atoms with Crippen molar-refractivity contribution in [2.75, 3.05) is 33.9 Å². The lowest BCUT2D eigenvalue weighted by Crippen LogP contribution is -2.42. The standard InChI is InChI=1S/C18H25ClN2O3.ClH/c1-23-11-18(22)20-16-10-21(9-14(16)13-4-5-13)8-12-3-6-17(24-2)15(19)7-12;/h3,6-7,13-14,16H,4-5,8-11H2,1-2H3,(H,20,22);1H/t14-,16+;/m1./s1. The van der Waals surface area contributed by atoms with Crippen LogP contribution in [0.15, 0.2) is 18.2 Å². The van der Waals surface area contributed by atoms with Crippen molar-refractivity contribution in [3.05, 3.63) is 28.8 Å². The summed E-state index contributed by atoms with van der Waals surface area (Å²) < 4.78 is 10.1. The second-order valence-electron chi connectivity index (χ2n) is 6.77. The Morgan fingerprint density at radius 2 is 2.08 bits per heavy atom. The number of ether oxygens (including phenoxy) is 2. The summed E-state index contributed by atoms with van der Waals surface area (Å²) in [7, 11) is 3.17. The van der Waals surface area contributed by atoms with Crippen molar-refractivity contribution in [2.45, 2.75) is 25.4 Å². The van der Waals surface area contributed by atoms with Crippen LogP contribution < -0.4 is 10.1 Å². The zero-order valence-electron chi connectivity index (χ0n) is 14.7. The molecule has 1 amide bonds. The Bertz CT molecular complexity index is 596. The van der Waals surface area contributed by atoms with Gasteiger partial charge in [-0.15, -0.1) is 12.4 Å². The van der Waals surface area contributed by atoms with E-state index < -0.39 is 0 Å². The monoisotopic (exact) mass is 388 g/mol. The van der Waals surface area contributed by atoms with Crippen LogP contribution in [0, 0.1) is 11.8 Å². The molecule has 1 aromatic carbocycles. The normalized spacial score (nSPS) is 23.2. The third kappa shape index (κ3) is 5.23. The smallest absolute Gasteiger partial charge is 0.246 e. The lowest BCUT2D eigenvalue weighted by Gasteiger charge is -2.19. The van der Waals surface area contributed by atoms with Crippen LogP contribution in [-0.2, 0) is 16.1 Å². The van der Waals surface area contributed by atoms with Gasteiger partial charge in [0.05, 0.1) is 12.1 Å². The number of nitrogens with zero attached hydrogens (tertiary/aromatic N) is 1. The van der Waals surface area contributed by atoms with Crippen LogP contribution in [0.25, 0.3) is 0 Å². The van der Waals surface area contributed by atoms with Crippen molar-refractivity contribution in [3.63, 3.8) is 0 Å². The van der Waals surface area contributed by atoms with Gasteiger partial charge < -0.3 is 14.8 Å². The topological polar surface area (TPSA) is 50.8 Å². The third-order valence-electron chi connectivity index (χ3n) is 4.91. The summed E-state index contributed by atoms with van der Waals surface area (Å²) >= 11 is 6.22. The van der Waals surface area contributed by atoms with Crippen LogP contribution in [0.2, 0.25) is 5.02 Å². The molecule has 0 radical (unpaired) electrons. The van der Waals surface area contributed by atoms with Gasteiger partial charge in [0.2, 0.25) is 5.91 Å². The summed E-state index contributed by atoms with van der Waals surface area (Å²) in [5, 5.41) is 3.78. The molecule has 0 unspecified atom stereocenters. The predicted molar refractivity (Wildman–Crippen MR) is 101 cm³/mol. The average molecular weight is 389 g/mol. The molecule has 1 aliphatic heterocycles. The number of methoxy groups -OCH3 is 2. The minimum Gasteiger partial charge on any atom is -0.495 e. The predicted octanol–water partition coefficient (Wildman–Crippen LogP) is 2.74. The molecule has 1 N–H and O–H groups in total. The number of hydrogen-bond acceptors (Lipinski definition) is 4. The number of carbonyl (C=O) groups is 1. The first-order chi connectivity index (χ1) is 11.6. The Morgan fingerprint density at radius 1 is 1.32 bits per heavy atom. The van der Waals surface area contributed by atoms with Gasteiger partial charge in [0.15, 0.2) is 0 Å². The van der Waals surface area contributed by atoms with Crippen LogP contribution >= 0.6 is 24.0 Å². The van der Waals surface area contributed by atoms with Crippen LogP contribution in [0.4, 0.5) is 0 Å². The van der Waals surface area contributed by atoms with E-state index in [1.54, 1.807) is 14.2 Å². The summed E-state index contributed by atoms with van der Waals surface area (Å²) in [6, 6.07) is 6.13. The van der Waals surface area contributed by atoms with E-state index in [-0.39, 0.29) is 31.0 Å². The molecule has 25 heavy (non-hydrogen) atoms. The molecule has 0 bridgehead atoms. The third-order valence-corrected chi connectivity index (χ3v) is 5.21. The van der Waals surface area contributed by atoms with E-state index in [4.69, 9.17) is 21.1 Å². The second-order valence-corrected chi connectivity index (χ2v) is 7.18. The molecule has 1 heterocycles. The van der Waals surface area contributed by atoms with Crippen molar-refractivity contribution >= 4 is 29.9 Å². The molecule has 0 aromatic heterocycles. The first kappa shape index (κ1) is 20.3. The maximum absolute atomic E-state index is 11.9. The number of carbonyl (C=O) groups excluding carboxylic acids is 1. The molecule has 2 aliphatic rings. The van der Waals surface area contributed by atoms with E-state index in [0.29, 0.717) is 16.7 Å². The molecule has 7 heteroatoms. The van der Waals surface area contributed by atoms with E-state index in [0.717, 1.165) is 25.6 Å². The van der Waals surface area contributed by atoms with E-state index in [2.05, 4.69) is 10.2 Å². The number of benzene rings is 1. The highest BCUT2D eigenvalue weighted by Gasteiger charge is 2.42. The Balaban J connectivity index is 0.00000225. The summed E-state index contributed by atoms with van der Waals surface area (Å²) in [4.78, 5) is 14.3. The molecule has 2 atom stereocenters. The van der Waals surface area contributed by atoms with Gasteiger partial charge in [0, 0.05) is 32.8 Å². The van der Waals surface area contributed by atoms with Crippen LogP contribution in [0.1, 0.15) is 18.4 Å². The fourth-order valence-corrected chi connectivity index (χ4v) is 3.92. The van der Waals surface area contributed by atoms with Gasteiger partial charge in [-0.1, -0.05) is 17.7 Å². The lowest BCUT2D eigenvalue weighted by atomic mass is 9.98. The van der Waals surface area contributed by atoms with Gasteiger partial charge in [0.1, 0.15) is 12.4 Å². The maximum Gasteiger partial charge on any atom is 0.246 e. The minimum atomic E-state index is -0.0255. The van der Waals surface area contributed by atoms with Gasteiger partial charge >= 0.3 is 0 Å². The van der Waals surface area contributed by atoms with Crippen LogP contribution in [0.5, 0.6) is 5.75 Å². The number of halogens is 2. The van der Waals surface area contributed by atoms with Gasteiger partial charge in [0.25, 0.3) is 0 Å². The van der Waals surface area contributed by atoms with Crippen molar-refractivity contribution in [2.24, 2.45) is 11.8 Å². The highest BCUT2D eigenvalue weighted by atomic mass is 35.5. The van der Waals surface area contributed by atoms with E-state index in [1.165, 1.54) is 18.4 Å². The molecule has 3 rings (SSSR count). The molecule has 1 aromatic rings. The largest absolute Gasteiger partial charge is 0.495 e.